The molecule has 0 bridgehead atoms. The Morgan fingerprint density at radius 1 is 1.32 bits per heavy atom. The molecule has 1 fully saturated rings. The molecule has 0 radical (unpaired) electrons. The first-order valence-electron chi connectivity index (χ1n) is 8.23. The molecule has 1 rings (SSSR count). The van der Waals surface area contributed by atoms with Crippen molar-refractivity contribution in [1.29, 1.82) is 0 Å². The van der Waals surface area contributed by atoms with Gasteiger partial charge in [0.05, 0.1) is 0 Å². The topological polar surface area (TPSA) is 86.6 Å². The minimum atomic E-state index is -3.32. The van der Waals surface area contributed by atoms with Crippen LogP contribution in [0.4, 0.5) is 0 Å². The Bertz CT molecular complexity index is 399. The number of aliphatic hydroxyl groups is 1. The molecule has 22 heavy (non-hydrogen) atoms. The summed E-state index contributed by atoms with van der Waals surface area (Å²) in [4.78, 5) is 21.9. The molecule has 1 aliphatic rings. The SMILES string of the molecule is CC(C)C([AsH2])C(=O)NCC(O)CP(=O)(O)CC1CCCCC1. The van der Waals surface area contributed by atoms with E-state index in [1.54, 1.807) is 0 Å². The van der Waals surface area contributed by atoms with E-state index < -0.39 is 13.5 Å². The van der Waals surface area contributed by atoms with Crippen molar-refractivity contribution in [3.63, 3.8) is 0 Å². The molecule has 3 N–H and O–H groups in total. The van der Waals surface area contributed by atoms with Crippen LogP contribution < -0.4 is 5.32 Å². The van der Waals surface area contributed by atoms with Crippen molar-refractivity contribution in [3.8, 4) is 0 Å². The molecule has 0 heterocycles. The van der Waals surface area contributed by atoms with Crippen molar-refractivity contribution in [1.82, 2.24) is 5.32 Å². The number of rotatable bonds is 8. The predicted molar refractivity (Wildman–Crippen MR) is 92.3 cm³/mol. The van der Waals surface area contributed by atoms with E-state index >= 15 is 0 Å². The molecule has 7 heteroatoms. The van der Waals surface area contributed by atoms with E-state index in [9.17, 15) is 19.4 Å². The van der Waals surface area contributed by atoms with Crippen molar-refractivity contribution in [2.24, 2.45) is 11.8 Å². The van der Waals surface area contributed by atoms with Crippen LogP contribution in [0.3, 0.4) is 0 Å². The fourth-order valence-corrected chi connectivity index (χ4v) is 5.24. The molecule has 0 aromatic heterocycles. The average molecular weight is 395 g/mol. The van der Waals surface area contributed by atoms with Gasteiger partial charge in [0.2, 0.25) is 0 Å². The molecule has 1 saturated carbocycles. The molecule has 4 atom stereocenters. The van der Waals surface area contributed by atoms with Crippen molar-refractivity contribution in [2.75, 3.05) is 18.9 Å². The number of aliphatic hydroxyl groups excluding tert-OH is 1. The Hall–Kier alpha value is 0.178. The quantitative estimate of drug-likeness (QED) is 0.428. The number of amides is 1. The Morgan fingerprint density at radius 3 is 2.45 bits per heavy atom. The van der Waals surface area contributed by atoms with Crippen LogP contribution in [0.1, 0.15) is 46.0 Å². The Balaban J connectivity index is 2.34. The van der Waals surface area contributed by atoms with Crippen LogP contribution in [0.2, 0.25) is 4.71 Å². The molecule has 130 valence electrons. The van der Waals surface area contributed by atoms with Gasteiger partial charge in [-0.2, -0.15) is 0 Å². The van der Waals surface area contributed by atoms with Crippen molar-refractivity contribution in [3.05, 3.63) is 0 Å². The van der Waals surface area contributed by atoms with Crippen LogP contribution in [0.25, 0.3) is 0 Å². The van der Waals surface area contributed by atoms with Crippen LogP contribution in [0.15, 0.2) is 0 Å². The van der Waals surface area contributed by atoms with E-state index in [2.05, 4.69) is 5.32 Å². The van der Waals surface area contributed by atoms with Gasteiger partial charge in [-0.15, -0.1) is 0 Å². The maximum absolute atomic E-state index is 12.3. The molecule has 1 amide bonds. The molecule has 0 saturated heterocycles. The Kier molecular flexibility index (Phi) is 8.70. The first-order valence-corrected chi connectivity index (χ1v) is 11.7. The second-order valence-electron chi connectivity index (χ2n) is 6.88. The molecule has 0 spiro atoms. The molecule has 1 aliphatic carbocycles. The second-order valence-corrected chi connectivity index (χ2v) is 10.8. The third-order valence-corrected chi connectivity index (χ3v) is 8.63. The summed E-state index contributed by atoms with van der Waals surface area (Å²) in [6.07, 6.45) is 4.77. The fourth-order valence-electron chi connectivity index (χ4n) is 2.88. The van der Waals surface area contributed by atoms with E-state index in [1.165, 1.54) is 23.3 Å². The summed E-state index contributed by atoms with van der Waals surface area (Å²) in [5.41, 5.74) is 0. The first-order chi connectivity index (χ1) is 10.2. The van der Waals surface area contributed by atoms with Gasteiger partial charge in [-0.05, 0) is 0 Å². The molecule has 0 aromatic rings. The van der Waals surface area contributed by atoms with Gasteiger partial charge in [0.1, 0.15) is 0 Å². The fraction of sp³-hybridized carbons (Fsp3) is 0.933. The average Bonchev–Trinajstić information content (AvgIpc) is 2.43. The third-order valence-electron chi connectivity index (χ3n) is 4.30. The Labute approximate surface area is 142 Å². The van der Waals surface area contributed by atoms with Gasteiger partial charge in [0.25, 0.3) is 0 Å². The van der Waals surface area contributed by atoms with Gasteiger partial charge in [-0.1, -0.05) is 0 Å². The van der Waals surface area contributed by atoms with Crippen LogP contribution in [0.5, 0.6) is 0 Å². The number of carbonyl (C=O) groups excluding carboxylic acids is 1. The second kappa shape index (κ2) is 9.47. The van der Waals surface area contributed by atoms with Gasteiger partial charge < -0.3 is 0 Å². The molecule has 4 unspecified atom stereocenters. The summed E-state index contributed by atoms with van der Waals surface area (Å²) < 4.78 is 12.2. The summed E-state index contributed by atoms with van der Waals surface area (Å²) in [6.45, 7) is 4.02. The first kappa shape index (κ1) is 20.2. The molecule has 0 aromatic carbocycles. The number of carbonyl (C=O) groups is 1. The molecule has 5 nitrogen and oxygen atoms in total. The van der Waals surface area contributed by atoms with Gasteiger partial charge in [-0.25, -0.2) is 0 Å². The maximum atomic E-state index is 12.3. The van der Waals surface area contributed by atoms with Gasteiger partial charge >= 0.3 is 142 Å². The number of hydrogen-bond donors (Lipinski definition) is 3. The number of hydrogen-bond acceptors (Lipinski definition) is 3. The summed E-state index contributed by atoms with van der Waals surface area (Å²) in [5, 5.41) is 12.6. The van der Waals surface area contributed by atoms with E-state index in [1.807, 2.05) is 13.8 Å². The van der Waals surface area contributed by atoms with E-state index in [-0.39, 0.29) is 29.2 Å². The summed E-state index contributed by atoms with van der Waals surface area (Å²) in [5.74, 6) is 0.483. The van der Waals surface area contributed by atoms with Gasteiger partial charge in [-0.3, -0.25) is 0 Å². The van der Waals surface area contributed by atoms with Gasteiger partial charge in [0, 0.05) is 0 Å². The van der Waals surface area contributed by atoms with Crippen molar-refractivity contribution in [2.45, 2.75) is 56.8 Å². The van der Waals surface area contributed by atoms with Crippen LogP contribution in [-0.2, 0) is 9.36 Å². The van der Waals surface area contributed by atoms with Crippen molar-refractivity contribution >= 4 is 30.1 Å². The van der Waals surface area contributed by atoms with Crippen LogP contribution in [-0.4, -0.2) is 57.7 Å². The molecule has 0 aliphatic heterocycles. The van der Waals surface area contributed by atoms with E-state index in [0.717, 1.165) is 25.7 Å². The zero-order chi connectivity index (χ0) is 16.8. The normalized spacial score (nSPS) is 22.1. The minimum absolute atomic E-state index is 0.0567. The standard InChI is InChI=1S/C15H31AsNO4P/c1-11(2)14(16)15(19)17-8-13(18)10-22(20,21)9-12-6-4-3-5-7-12/h11-14,18H,3-10,16H2,1-2H3,(H,17,19)(H,20,21). The number of nitrogens with one attached hydrogen (secondary N) is 1. The monoisotopic (exact) mass is 395 g/mol. The summed E-state index contributed by atoms with van der Waals surface area (Å²) in [7, 11) is -3.32. The molecular weight excluding hydrogens is 364 g/mol. The summed E-state index contributed by atoms with van der Waals surface area (Å²) in [6, 6.07) is 0. The zero-order valence-electron chi connectivity index (χ0n) is 13.7. The van der Waals surface area contributed by atoms with Crippen molar-refractivity contribution < 1.29 is 19.4 Å². The van der Waals surface area contributed by atoms with E-state index in [4.69, 9.17) is 0 Å². The van der Waals surface area contributed by atoms with Crippen LogP contribution >= 0.6 is 7.37 Å². The summed E-state index contributed by atoms with van der Waals surface area (Å²) >= 11 is 1.36. The predicted octanol–water partition coefficient (Wildman–Crippen LogP) is 1.39. The zero-order valence-corrected chi connectivity index (χ0v) is 17.0. The molecular formula is C15H31AsNO4P. The van der Waals surface area contributed by atoms with Gasteiger partial charge in [0.15, 0.2) is 0 Å². The van der Waals surface area contributed by atoms with E-state index in [0.29, 0.717) is 12.1 Å². The third kappa shape index (κ3) is 7.63. The Morgan fingerprint density at radius 2 is 1.91 bits per heavy atom. The van der Waals surface area contributed by atoms with Crippen LogP contribution in [0, 0.1) is 11.8 Å².